The number of alkyl halides is 3. The van der Waals surface area contributed by atoms with E-state index in [9.17, 15) is 21.6 Å². The van der Waals surface area contributed by atoms with Crippen LogP contribution < -0.4 is 14.6 Å². The number of rotatable bonds is 3. The first kappa shape index (κ1) is 15.2. The van der Waals surface area contributed by atoms with E-state index in [1.807, 2.05) is 0 Å². The number of hydrogen-bond acceptors (Lipinski definition) is 5. The van der Waals surface area contributed by atoms with E-state index in [0.29, 0.717) is 0 Å². The molecule has 0 unspecified atom stereocenters. The summed E-state index contributed by atoms with van der Waals surface area (Å²) in [5, 5.41) is 4.81. The summed E-state index contributed by atoms with van der Waals surface area (Å²) in [5.41, 5.74) is 0. The maximum atomic E-state index is 12.1. The average molecular weight is 398 g/mol. The molecule has 1 aromatic heterocycles. The molecule has 0 atom stereocenters. The molecule has 18 heavy (non-hydrogen) atoms. The number of primary sulfonamides is 1. The molecule has 0 spiro atoms. The van der Waals surface area contributed by atoms with E-state index in [-0.39, 0.29) is 9.45 Å². The number of aromatic nitrogens is 1. The average Bonchev–Trinajstić information content (AvgIpc) is 2.11. The Kier molecular flexibility index (Phi) is 4.27. The highest BCUT2D eigenvalue weighted by atomic mass is 127. The van der Waals surface area contributed by atoms with Crippen LogP contribution in [0.1, 0.15) is 0 Å². The minimum atomic E-state index is -5.10. The summed E-state index contributed by atoms with van der Waals surface area (Å²) in [6.45, 7) is 0. The van der Waals surface area contributed by atoms with Gasteiger partial charge >= 0.3 is 6.36 Å². The molecule has 0 aliphatic rings. The third-order valence-electron chi connectivity index (χ3n) is 1.58. The second-order valence-electron chi connectivity index (χ2n) is 2.87. The number of nitrogens with zero attached hydrogens (tertiary/aromatic N) is 1. The fraction of sp³-hybridized carbons (Fsp3) is 0.286. The van der Waals surface area contributed by atoms with Crippen LogP contribution in [-0.2, 0) is 10.0 Å². The quantitative estimate of drug-likeness (QED) is 0.774. The first-order chi connectivity index (χ1) is 8.04. The first-order valence-corrected chi connectivity index (χ1v) is 6.70. The molecule has 102 valence electrons. The molecule has 2 N–H and O–H groups in total. The van der Waals surface area contributed by atoms with Gasteiger partial charge in [0.15, 0.2) is 4.90 Å². The van der Waals surface area contributed by atoms with Crippen molar-refractivity contribution in [3.63, 3.8) is 0 Å². The molecule has 6 nitrogen and oxygen atoms in total. The van der Waals surface area contributed by atoms with Gasteiger partial charge in [-0.2, -0.15) is 4.98 Å². The zero-order valence-corrected chi connectivity index (χ0v) is 11.6. The topological polar surface area (TPSA) is 91.5 Å². The molecule has 0 amide bonds. The standard InChI is InChI=1S/C7H6F3IN2O4S/c1-16-4-2-3(11)5(18(12,14)15)6(13-4)17-7(8,9)10/h2H,1H3,(H2,12,14,15). The van der Waals surface area contributed by atoms with E-state index in [2.05, 4.69) is 14.5 Å². The van der Waals surface area contributed by atoms with Crippen molar-refractivity contribution < 1.29 is 31.1 Å². The van der Waals surface area contributed by atoms with Gasteiger partial charge in [0.25, 0.3) is 0 Å². The summed E-state index contributed by atoms with van der Waals surface area (Å²) in [6, 6.07) is 1.11. The van der Waals surface area contributed by atoms with Gasteiger partial charge in [0.1, 0.15) is 0 Å². The summed E-state index contributed by atoms with van der Waals surface area (Å²) in [5.74, 6) is -1.40. The molecule has 1 rings (SSSR count). The largest absolute Gasteiger partial charge is 0.574 e. The summed E-state index contributed by atoms with van der Waals surface area (Å²) >= 11 is 1.49. The van der Waals surface area contributed by atoms with Crippen molar-refractivity contribution in [1.82, 2.24) is 4.98 Å². The summed E-state index contributed by atoms with van der Waals surface area (Å²) < 4.78 is 66.9. The normalized spacial score (nSPS) is 12.3. The van der Waals surface area contributed by atoms with Crippen LogP contribution in [0.5, 0.6) is 11.8 Å². The van der Waals surface area contributed by atoms with Gasteiger partial charge in [-0.25, -0.2) is 13.6 Å². The molecule has 1 heterocycles. The highest BCUT2D eigenvalue weighted by molar-refractivity contribution is 14.1. The Bertz CT molecular complexity index is 561. The smallest absolute Gasteiger partial charge is 0.481 e. The van der Waals surface area contributed by atoms with E-state index in [0.717, 1.165) is 13.2 Å². The van der Waals surface area contributed by atoms with E-state index in [1.54, 1.807) is 0 Å². The summed E-state index contributed by atoms with van der Waals surface area (Å²) in [4.78, 5) is 2.43. The molecule has 0 bridgehead atoms. The van der Waals surface area contributed by atoms with Crippen molar-refractivity contribution >= 4 is 32.6 Å². The monoisotopic (exact) mass is 398 g/mol. The van der Waals surface area contributed by atoms with E-state index < -0.39 is 27.2 Å². The van der Waals surface area contributed by atoms with Gasteiger partial charge in [0.05, 0.1) is 7.11 Å². The van der Waals surface area contributed by atoms with Crippen LogP contribution >= 0.6 is 22.6 Å². The first-order valence-electron chi connectivity index (χ1n) is 4.07. The minimum Gasteiger partial charge on any atom is -0.481 e. The molecule has 0 aliphatic carbocycles. The van der Waals surface area contributed by atoms with Crippen molar-refractivity contribution in [2.24, 2.45) is 5.14 Å². The Morgan fingerprint density at radius 2 is 2.00 bits per heavy atom. The number of nitrogens with two attached hydrogens (primary N) is 1. The van der Waals surface area contributed by atoms with Crippen LogP contribution in [-0.4, -0.2) is 26.9 Å². The molecule has 0 saturated carbocycles. The van der Waals surface area contributed by atoms with Crippen molar-refractivity contribution in [3.8, 4) is 11.8 Å². The lowest BCUT2D eigenvalue weighted by Crippen LogP contribution is -2.23. The molecular weight excluding hydrogens is 392 g/mol. The Hall–Kier alpha value is -0.820. The maximum Gasteiger partial charge on any atom is 0.574 e. The fourth-order valence-electron chi connectivity index (χ4n) is 1.00. The number of ether oxygens (including phenoxy) is 2. The van der Waals surface area contributed by atoms with Gasteiger partial charge in [-0.15, -0.1) is 13.2 Å². The van der Waals surface area contributed by atoms with Crippen LogP contribution in [0.3, 0.4) is 0 Å². The summed E-state index contributed by atoms with van der Waals surface area (Å²) in [6.07, 6.45) is -5.10. The zero-order valence-electron chi connectivity index (χ0n) is 8.66. The lowest BCUT2D eigenvalue weighted by molar-refractivity contribution is -0.277. The highest BCUT2D eigenvalue weighted by Gasteiger charge is 2.36. The molecule has 1 aromatic rings. The molecule has 0 saturated heterocycles. The van der Waals surface area contributed by atoms with E-state index >= 15 is 0 Å². The number of pyridine rings is 1. The third kappa shape index (κ3) is 3.84. The van der Waals surface area contributed by atoms with E-state index in [1.165, 1.54) is 22.6 Å². The van der Waals surface area contributed by atoms with Crippen LogP contribution in [0, 0.1) is 3.57 Å². The fourth-order valence-corrected chi connectivity index (χ4v) is 3.08. The molecule has 0 fully saturated rings. The predicted molar refractivity (Wildman–Crippen MR) is 61.6 cm³/mol. The lowest BCUT2D eigenvalue weighted by atomic mass is 10.4. The van der Waals surface area contributed by atoms with Crippen LogP contribution in [0.15, 0.2) is 11.0 Å². The highest BCUT2D eigenvalue weighted by Crippen LogP contribution is 2.32. The number of hydrogen-bond donors (Lipinski definition) is 1. The van der Waals surface area contributed by atoms with Crippen LogP contribution in [0.25, 0.3) is 0 Å². The van der Waals surface area contributed by atoms with Crippen molar-refractivity contribution in [2.75, 3.05) is 7.11 Å². The second-order valence-corrected chi connectivity index (χ2v) is 5.53. The maximum absolute atomic E-state index is 12.1. The zero-order chi connectivity index (χ0) is 14.1. The Balaban J connectivity index is 3.49. The van der Waals surface area contributed by atoms with Crippen molar-refractivity contribution in [1.29, 1.82) is 0 Å². The molecule has 11 heteroatoms. The predicted octanol–water partition coefficient (Wildman–Crippen LogP) is 1.24. The second kappa shape index (κ2) is 5.05. The molecular formula is C7H6F3IN2O4S. The third-order valence-corrected chi connectivity index (χ3v) is 3.76. The van der Waals surface area contributed by atoms with Gasteiger partial charge < -0.3 is 9.47 Å². The molecule has 0 aliphatic heterocycles. The van der Waals surface area contributed by atoms with Crippen LogP contribution in [0.2, 0.25) is 0 Å². The number of sulfonamides is 1. The minimum absolute atomic E-state index is 0.0961. The SMILES string of the molecule is COc1cc(I)c(S(N)(=O)=O)c(OC(F)(F)F)n1. The van der Waals surface area contributed by atoms with Gasteiger partial charge in [0, 0.05) is 9.64 Å². The van der Waals surface area contributed by atoms with Gasteiger partial charge in [-0.05, 0) is 22.6 Å². The van der Waals surface area contributed by atoms with Crippen molar-refractivity contribution in [3.05, 3.63) is 9.64 Å². The Labute approximate surface area is 113 Å². The van der Waals surface area contributed by atoms with E-state index in [4.69, 9.17) is 5.14 Å². The molecule has 0 radical (unpaired) electrons. The van der Waals surface area contributed by atoms with Gasteiger partial charge in [-0.1, -0.05) is 0 Å². The van der Waals surface area contributed by atoms with Crippen molar-refractivity contribution in [2.45, 2.75) is 11.3 Å². The molecule has 0 aromatic carbocycles. The number of methoxy groups -OCH3 is 1. The Morgan fingerprint density at radius 3 is 2.39 bits per heavy atom. The summed E-state index contributed by atoms with van der Waals surface area (Å²) in [7, 11) is -3.25. The Morgan fingerprint density at radius 1 is 1.44 bits per heavy atom. The lowest BCUT2D eigenvalue weighted by Gasteiger charge is -2.13. The number of halogens is 4. The van der Waals surface area contributed by atoms with Gasteiger partial charge in [0.2, 0.25) is 21.8 Å². The van der Waals surface area contributed by atoms with Crippen LogP contribution in [0.4, 0.5) is 13.2 Å². The van der Waals surface area contributed by atoms with Gasteiger partial charge in [-0.3, -0.25) is 0 Å².